The van der Waals surface area contributed by atoms with E-state index in [0.717, 1.165) is 12.0 Å². The first-order chi connectivity index (χ1) is 39.4. The van der Waals surface area contributed by atoms with Crippen LogP contribution in [0.5, 0.6) is 0 Å². The Kier molecular flexibility index (Phi) is 26.8. The Morgan fingerprint density at radius 2 is 1.07 bits per heavy atom. The molecule has 11 nitrogen and oxygen atoms in total. The first-order valence-corrected chi connectivity index (χ1v) is 45.9. The molecular formula is C70H122O11Si5. The van der Waals surface area contributed by atoms with Crippen LogP contribution in [0.4, 0.5) is 0 Å². The minimum Gasteiger partial charge on any atom is -0.469 e. The molecule has 0 spiro atoms. The minimum atomic E-state index is -2.89. The van der Waals surface area contributed by atoms with E-state index in [2.05, 4.69) is 236 Å². The summed E-state index contributed by atoms with van der Waals surface area (Å²) in [7, 11) is -9.51. The van der Waals surface area contributed by atoms with E-state index in [1.807, 2.05) is 18.2 Å². The molecule has 1 fully saturated rings. The van der Waals surface area contributed by atoms with Gasteiger partial charge in [-0.25, -0.2) is 0 Å². The van der Waals surface area contributed by atoms with Gasteiger partial charge in [0, 0.05) is 51.7 Å². The van der Waals surface area contributed by atoms with Crippen LogP contribution in [0.15, 0.2) is 91.0 Å². The molecule has 1 aliphatic heterocycles. The Morgan fingerprint density at radius 3 is 1.51 bits per heavy atom. The number of rotatable bonds is 31. The van der Waals surface area contributed by atoms with Gasteiger partial charge in [0.05, 0.1) is 50.8 Å². The number of carbonyl (C=O) groups excluding carboxylic acids is 2. The molecule has 0 N–H and O–H groups in total. The summed E-state index contributed by atoms with van der Waals surface area (Å²) < 4.78 is 63.7. The van der Waals surface area contributed by atoms with E-state index in [1.54, 1.807) is 7.11 Å². The summed E-state index contributed by atoms with van der Waals surface area (Å²) in [6, 6.07) is 31.8. The Balaban J connectivity index is 1.77. The van der Waals surface area contributed by atoms with Gasteiger partial charge in [0.15, 0.2) is 39.1 Å². The molecule has 4 rings (SSSR count). The lowest BCUT2D eigenvalue weighted by atomic mass is 9.82. The van der Waals surface area contributed by atoms with Gasteiger partial charge in [0.1, 0.15) is 11.7 Å². The Morgan fingerprint density at radius 1 is 0.605 bits per heavy atom. The van der Waals surface area contributed by atoms with E-state index < -0.39 is 71.6 Å². The van der Waals surface area contributed by atoms with Crippen molar-refractivity contribution in [2.75, 3.05) is 27.4 Å². The predicted octanol–water partition coefficient (Wildman–Crippen LogP) is 17.2. The predicted molar refractivity (Wildman–Crippen MR) is 369 cm³/mol. The molecule has 3 aromatic carbocycles. The molecule has 16 heteroatoms. The quantitative estimate of drug-likeness (QED) is 0.0453. The maximum absolute atomic E-state index is 14.9. The van der Waals surface area contributed by atoms with Crippen LogP contribution >= 0.6 is 0 Å². The lowest BCUT2D eigenvalue weighted by Crippen LogP contribution is -2.67. The summed E-state index contributed by atoms with van der Waals surface area (Å²) in [5.41, 5.74) is 1.07. The van der Waals surface area contributed by atoms with E-state index >= 15 is 0 Å². The number of benzene rings is 3. The van der Waals surface area contributed by atoms with Crippen LogP contribution < -0.4 is 10.4 Å². The van der Waals surface area contributed by atoms with Crippen molar-refractivity contribution in [3.63, 3.8) is 0 Å². The number of esters is 1. The zero-order valence-corrected chi connectivity index (χ0v) is 64.0. The average Bonchev–Trinajstić information content (AvgIpc) is 0.858. The number of hydrogen-bond donors (Lipinski definition) is 0. The molecule has 0 radical (unpaired) electrons. The maximum atomic E-state index is 14.9. The zero-order chi connectivity index (χ0) is 65.2. The molecule has 3 aromatic rings. The van der Waals surface area contributed by atoms with E-state index in [4.69, 9.17) is 41.1 Å². The lowest BCUT2D eigenvalue weighted by Gasteiger charge is -2.52. The van der Waals surface area contributed by atoms with Gasteiger partial charge >= 0.3 is 5.97 Å². The van der Waals surface area contributed by atoms with Gasteiger partial charge in [-0.3, -0.25) is 9.59 Å². The van der Waals surface area contributed by atoms with Crippen LogP contribution in [-0.4, -0.2) is 117 Å². The molecule has 8 atom stereocenters. The third kappa shape index (κ3) is 20.0. The highest BCUT2D eigenvalue weighted by Crippen LogP contribution is 2.48. The smallest absolute Gasteiger partial charge is 0.313 e. The number of hydrogen-bond acceptors (Lipinski definition) is 11. The molecule has 0 aromatic heterocycles. The van der Waals surface area contributed by atoms with Gasteiger partial charge in [-0.2, -0.15) is 0 Å². The van der Waals surface area contributed by atoms with E-state index in [9.17, 15) is 9.59 Å². The third-order valence-electron chi connectivity index (χ3n) is 20.4. The Labute approximate surface area is 529 Å². The molecule has 86 heavy (non-hydrogen) atoms. The van der Waals surface area contributed by atoms with Gasteiger partial charge in [-0.05, 0) is 113 Å². The summed E-state index contributed by atoms with van der Waals surface area (Å²) in [5, 5.41) is 1.81. The van der Waals surface area contributed by atoms with Crippen molar-refractivity contribution < 1.29 is 50.7 Å². The minimum absolute atomic E-state index is 0.0278. The van der Waals surface area contributed by atoms with Crippen LogP contribution in [-0.2, 0) is 57.3 Å². The summed E-state index contributed by atoms with van der Waals surface area (Å²) in [6.45, 7) is 55.4. The normalized spacial score (nSPS) is 20.5. The summed E-state index contributed by atoms with van der Waals surface area (Å²) in [4.78, 5) is 29.5. The number of Topliss-reactive ketones (excluding diaryl/α,β-unsaturated/α-hetero) is 1. The summed E-state index contributed by atoms with van der Waals surface area (Å²) >= 11 is 0. The van der Waals surface area contributed by atoms with Crippen molar-refractivity contribution in [2.45, 2.75) is 283 Å². The second-order valence-corrected chi connectivity index (χ2v) is 55.4. The molecule has 1 aliphatic rings. The molecule has 1 heterocycles. The molecule has 0 saturated carbocycles. The first-order valence-electron chi connectivity index (χ1n) is 32.3. The highest BCUT2D eigenvalue weighted by molar-refractivity contribution is 6.99. The number of ketones is 1. The summed E-state index contributed by atoms with van der Waals surface area (Å²) in [6.07, 6.45) is 1.17. The van der Waals surface area contributed by atoms with Gasteiger partial charge < -0.3 is 41.1 Å². The topological polar surface area (TPSA) is 117 Å². The van der Waals surface area contributed by atoms with Crippen LogP contribution in [0.3, 0.4) is 0 Å². The van der Waals surface area contributed by atoms with E-state index in [0.29, 0.717) is 58.3 Å². The van der Waals surface area contributed by atoms with Crippen LogP contribution in [0.1, 0.15) is 168 Å². The maximum Gasteiger partial charge on any atom is 0.313 e. The molecule has 0 unspecified atom stereocenters. The van der Waals surface area contributed by atoms with Crippen molar-refractivity contribution in [2.24, 2.45) is 11.8 Å². The zero-order valence-electron chi connectivity index (χ0n) is 59.0. The molecule has 0 bridgehead atoms. The SMILES string of the molecule is CC[C@H](CO[Si](c1ccccc1)(c1ccccc1)C(C)(C)C)[C@@H](CC(=O)CCC[C@@H](C[C@]1(OC)C[C@H](O[Si](C)(C)C(C)(C)C)[C@@H](C(=O)OC)[C@H](C[C@H](COCc2ccccc2)O[Si](C)(C)C(C)(C)C)O1)O[Si](C)(C)C(C)(C)C)O[Si](C)(C)C(C)(C)C. The molecule has 0 amide bonds. The second kappa shape index (κ2) is 30.3. The van der Waals surface area contributed by atoms with Crippen molar-refractivity contribution >= 4 is 63.7 Å². The molecule has 0 aliphatic carbocycles. The average molecular weight is 1280 g/mol. The fraction of sp³-hybridized carbons (Fsp3) is 0.714. The lowest BCUT2D eigenvalue weighted by molar-refractivity contribution is -0.309. The Bertz CT molecular complexity index is 2490. The van der Waals surface area contributed by atoms with Gasteiger partial charge in [0.2, 0.25) is 0 Å². The number of ether oxygens (including phenoxy) is 4. The highest BCUT2D eigenvalue weighted by atomic mass is 28.4. The van der Waals surface area contributed by atoms with Gasteiger partial charge in [0.25, 0.3) is 8.32 Å². The first kappa shape index (κ1) is 76.0. The number of methoxy groups -OCH3 is 2. The monoisotopic (exact) mass is 1280 g/mol. The van der Waals surface area contributed by atoms with Crippen molar-refractivity contribution in [3.05, 3.63) is 96.6 Å². The van der Waals surface area contributed by atoms with E-state index in [1.165, 1.54) is 17.5 Å². The fourth-order valence-corrected chi connectivity index (χ4v) is 21.0. The van der Waals surface area contributed by atoms with Crippen LogP contribution in [0.2, 0.25) is 77.6 Å². The molecule has 1 saturated heterocycles. The molecule has 488 valence electrons. The van der Waals surface area contributed by atoms with Gasteiger partial charge in [-0.15, -0.1) is 0 Å². The molecular weight excluding hydrogens is 1160 g/mol. The largest absolute Gasteiger partial charge is 0.469 e. The van der Waals surface area contributed by atoms with Crippen molar-refractivity contribution in [1.29, 1.82) is 0 Å². The third-order valence-corrected chi connectivity index (χ3v) is 43.5. The fourth-order valence-electron chi connectivity index (χ4n) is 10.9. The van der Waals surface area contributed by atoms with E-state index in [-0.39, 0.29) is 61.5 Å². The summed E-state index contributed by atoms with van der Waals surface area (Å²) in [5.74, 6) is -2.27. The van der Waals surface area contributed by atoms with Crippen molar-refractivity contribution in [1.82, 2.24) is 0 Å². The second-order valence-electron chi connectivity index (χ2n) is 32.1. The van der Waals surface area contributed by atoms with Crippen LogP contribution in [0.25, 0.3) is 0 Å². The standard InChI is InChI=1S/C70H122O11Si5/c1-27-54(51-76-86(69(14,15)16,58-42-33-29-34-43-58)59-44-35-30-36-45-59)60(80-84(23,24)67(8,9)10)46-55(71)40-37-41-56(78-82(19,20)65(2,3)4)48-70(74-18)49-62(81-85(25,26)68(11,12)13)63(64(72)73-17)61(77-70)47-57(79-83(21,22)66(5,6)7)52-75-50-53-38-31-28-32-39-53/h28-36,38-39,42-45,54,56-57,60-63H,27,37,40-41,46-52H2,1-26H3/t54-,56+,57-,60-,61+,62+,63+,70-/m1/s1. The highest BCUT2D eigenvalue weighted by Gasteiger charge is 2.57. The Hall–Kier alpha value is -2.44. The van der Waals surface area contributed by atoms with Crippen LogP contribution in [0, 0.1) is 11.8 Å². The number of carbonyl (C=O) groups is 2. The van der Waals surface area contributed by atoms with Crippen molar-refractivity contribution in [3.8, 4) is 0 Å². The van der Waals surface area contributed by atoms with Gasteiger partial charge in [-0.1, -0.05) is 202 Å².